The summed E-state index contributed by atoms with van der Waals surface area (Å²) in [4.78, 5) is 0. The van der Waals surface area contributed by atoms with Crippen LogP contribution in [0.4, 0.5) is 0 Å². The molecule has 3 nitrogen and oxygen atoms in total. The van der Waals surface area contributed by atoms with Gasteiger partial charge in [-0.2, -0.15) is 0 Å². The topological polar surface area (TPSA) is 46.2 Å². The van der Waals surface area contributed by atoms with Crippen molar-refractivity contribution in [2.75, 3.05) is 18.1 Å². The molecule has 0 amide bonds. The lowest BCUT2D eigenvalue weighted by molar-refractivity contribution is 0.287. The van der Waals surface area contributed by atoms with Crippen LogP contribution >= 0.6 is 0 Å². The highest BCUT2D eigenvalue weighted by Crippen LogP contribution is 2.29. The van der Waals surface area contributed by atoms with Crippen LogP contribution in [0.5, 0.6) is 0 Å². The molecule has 17 heavy (non-hydrogen) atoms. The van der Waals surface area contributed by atoms with Gasteiger partial charge in [0.25, 0.3) is 0 Å². The van der Waals surface area contributed by atoms with Crippen molar-refractivity contribution in [3.05, 3.63) is 0 Å². The lowest BCUT2D eigenvalue weighted by atomic mass is 9.87. The third-order valence-corrected chi connectivity index (χ3v) is 5.28. The quantitative estimate of drug-likeness (QED) is 0.825. The fraction of sp³-hybridized carbons (Fsp3) is 1.00. The van der Waals surface area contributed by atoms with E-state index in [2.05, 4.69) is 33.0 Å². The summed E-state index contributed by atoms with van der Waals surface area (Å²) in [5.41, 5.74) is 0.115. The molecule has 0 aromatic rings. The van der Waals surface area contributed by atoms with Gasteiger partial charge in [0.1, 0.15) is 0 Å². The van der Waals surface area contributed by atoms with Crippen molar-refractivity contribution in [3.63, 3.8) is 0 Å². The summed E-state index contributed by atoms with van der Waals surface area (Å²) >= 11 is 0. The summed E-state index contributed by atoms with van der Waals surface area (Å²) in [5.74, 6) is 1.68. The zero-order valence-corrected chi connectivity index (χ0v) is 12.4. The van der Waals surface area contributed by atoms with Crippen molar-refractivity contribution in [2.45, 2.75) is 52.5 Å². The number of rotatable bonds is 5. The summed E-state index contributed by atoms with van der Waals surface area (Å²) in [6.45, 7) is 9.58. The van der Waals surface area contributed by atoms with Crippen LogP contribution in [-0.4, -0.2) is 32.0 Å². The summed E-state index contributed by atoms with van der Waals surface area (Å²) in [5, 5.41) is 3.52. The van der Waals surface area contributed by atoms with Gasteiger partial charge in [-0.3, -0.25) is 0 Å². The number of hydrogen-bond acceptors (Lipinski definition) is 3. The molecular weight excluding hydrogens is 234 g/mol. The van der Waals surface area contributed by atoms with Crippen molar-refractivity contribution in [1.29, 1.82) is 0 Å². The van der Waals surface area contributed by atoms with Crippen LogP contribution in [0.1, 0.15) is 47.0 Å². The van der Waals surface area contributed by atoms with Crippen molar-refractivity contribution < 1.29 is 8.42 Å². The molecule has 1 N–H and O–H groups in total. The van der Waals surface area contributed by atoms with Crippen LogP contribution < -0.4 is 5.32 Å². The molecule has 0 saturated carbocycles. The molecular formula is C13H27NO2S. The SMILES string of the molecule is CCCC(CNC(C)(C)C)C1CCS(=O)(=O)C1. The minimum Gasteiger partial charge on any atom is -0.312 e. The third-order valence-electron chi connectivity index (χ3n) is 3.49. The zero-order chi connectivity index (χ0) is 13.1. The fourth-order valence-electron chi connectivity index (χ4n) is 2.51. The Morgan fingerprint density at radius 1 is 1.35 bits per heavy atom. The second-order valence-electron chi connectivity index (χ2n) is 6.34. The first-order valence-corrected chi connectivity index (χ1v) is 8.51. The van der Waals surface area contributed by atoms with Gasteiger partial charge in [0.2, 0.25) is 0 Å². The highest BCUT2D eigenvalue weighted by Gasteiger charge is 2.33. The predicted molar refractivity (Wildman–Crippen MR) is 72.9 cm³/mol. The van der Waals surface area contributed by atoms with Gasteiger partial charge in [-0.05, 0) is 52.0 Å². The maximum Gasteiger partial charge on any atom is 0.150 e. The first kappa shape index (κ1) is 15.0. The monoisotopic (exact) mass is 261 g/mol. The van der Waals surface area contributed by atoms with Gasteiger partial charge in [-0.15, -0.1) is 0 Å². The van der Waals surface area contributed by atoms with E-state index in [4.69, 9.17) is 0 Å². The van der Waals surface area contributed by atoms with Gasteiger partial charge >= 0.3 is 0 Å². The van der Waals surface area contributed by atoms with Gasteiger partial charge in [-0.1, -0.05) is 13.3 Å². The minimum atomic E-state index is -2.74. The third kappa shape index (κ3) is 5.38. The van der Waals surface area contributed by atoms with Gasteiger partial charge in [0.15, 0.2) is 9.84 Å². The Balaban J connectivity index is 2.54. The van der Waals surface area contributed by atoms with E-state index in [-0.39, 0.29) is 5.54 Å². The molecule has 0 bridgehead atoms. The second-order valence-corrected chi connectivity index (χ2v) is 8.57. The molecule has 0 aromatic carbocycles. The molecule has 1 saturated heterocycles. The maximum atomic E-state index is 11.5. The van der Waals surface area contributed by atoms with E-state index in [1.807, 2.05) is 0 Å². The van der Waals surface area contributed by atoms with Crippen LogP contribution in [0.2, 0.25) is 0 Å². The van der Waals surface area contributed by atoms with E-state index in [0.29, 0.717) is 23.3 Å². The first-order valence-electron chi connectivity index (χ1n) is 6.69. The average Bonchev–Trinajstić information content (AvgIpc) is 2.52. The summed E-state index contributed by atoms with van der Waals surface area (Å²) in [6, 6.07) is 0. The van der Waals surface area contributed by atoms with Gasteiger partial charge in [0.05, 0.1) is 11.5 Å². The predicted octanol–water partition coefficient (Wildman–Crippen LogP) is 2.23. The molecule has 1 rings (SSSR count). The molecule has 0 aromatic heterocycles. The van der Waals surface area contributed by atoms with Crippen LogP contribution in [0.15, 0.2) is 0 Å². The van der Waals surface area contributed by atoms with E-state index in [9.17, 15) is 8.42 Å². The summed E-state index contributed by atoms with van der Waals surface area (Å²) in [6.07, 6.45) is 3.12. The average molecular weight is 261 g/mol. The second kappa shape index (κ2) is 5.70. The Kier molecular flexibility index (Phi) is 5.02. The van der Waals surface area contributed by atoms with Crippen LogP contribution in [-0.2, 0) is 9.84 Å². The lowest BCUT2D eigenvalue weighted by Gasteiger charge is -2.28. The van der Waals surface area contributed by atoms with Gasteiger partial charge in [0, 0.05) is 5.54 Å². The lowest BCUT2D eigenvalue weighted by Crippen LogP contribution is -2.41. The van der Waals surface area contributed by atoms with Crippen LogP contribution in [0.3, 0.4) is 0 Å². The smallest absolute Gasteiger partial charge is 0.150 e. The van der Waals surface area contributed by atoms with E-state index in [0.717, 1.165) is 25.8 Å². The highest BCUT2D eigenvalue weighted by molar-refractivity contribution is 7.91. The molecule has 2 unspecified atom stereocenters. The standard InChI is InChI=1S/C13H27NO2S/c1-5-6-11(9-14-13(2,3)4)12-7-8-17(15,16)10-12/h11-12,14H,5-10H2,1-4H3. The van der Waals surface area contributed by atoms with E-state index in [1.165, 1.54) is 0 Å². The Labute approximate surface area is 106 Å². The Hall–Kier alpha value is -0.0900. The largest absolute Gasteiger partial charge is 0.312 e. The molecule has 0 aliphatic carbocycles. The molecule has 1 aliphatic heterocycles. The van der Waals surface area contributed by atoms with Crippen molar-refractivity contribution >= 4 is 9.84 Å². The molecule has 4 heteroatoms. The van der Waals surface area contributed by atoms with Crippen LogP contribution in [0.25, 0.3) is 0 Å². The van der Waals surface area contributed by atoms with E-state index >= 15 is 0 Å². The first-order chi connectivity index (χ1) is 7.73. The Morgan fingerprint density at radius 2 is 2.00 bits per heavy atom. The van der Waals surface area contributed by atoms with E-state index in [1.54, 1.807) is 0 Å². The molecule has 1 fully saturated rings. The van der Waals surface area contributed by atoms with Crippen molar-refractivity contribution in [3.8, 4) is 0 Å². The highest BCUT2D eigenvalue weighted by atomic mass is 32.2. The summed E-state index contributed by atoms with van der Waals surface area (Å²) in [7, 11) is -2.74. The van der Waals surface area contributed by atoms with Gasteiger partial charge < -0.3 is 5.32 Å². The number of sulfone groups is 1. The number of nitrogens with one attached hydrogen (secondary N) is 1. The summed E-state index contributed by atoms with van der Waals surface area (Å²) < 4.78 is 23.1. The molecule has 1 heterocycles. The van der Waals surface area contributed by atoms with Crippen LogP contribution in [0, 0.1) is 11.8 Å². The molecule has 102 valence electrons. The van der Waals surface area contributed by atoms with Crippen molar-refractivity contribution in [1.82, 2.24) is 5.32 Å². The molecule has 0 radical (unpaired) electrons. The van der Waals surface area contributed by atoms with E-state index < -0.39 is 9.84 Å². The normalized spacial score (nSPS) is 26.0. The fourth-order valence-corrected chi connectivity index (χ4v) is 4.43. The van der Waals surface area contributed by atoms with Crippen molar-refractivity contribution in [2.24, 2.45) is 11.8 Å². The molecule has 1 aliphatic rings. The molecule has 0 spiro atoms. The Bertz CT molecular complexity index is 330. The number of hydrogen-bond donors (Lipinski definition) is 1. The Morgan fingerprint density at radius 3 is 2.41 bits per heavy atom. The maximum absolute atomic E-state index is 11.5. The molecule has 2 atom stereocenters. The zero-order valence-electron chi connectivity index (χ0n) is 11.6. The van der Waals surface area contributed by atoms with Gasteiger partial charge in [-0.25, -0.2) is 8.42 Å². The minimum absolute atomic E-state index is 0.115.